The van der Waals surface area contributed by atoms with Gasteiger partial charge >= 0.3 is 0 Å². The summed E-state index contributed by atoms with van der Waals surface area (Å²) < 4.78 is 13.1. The maximum Gasteiger partial charge on any atom is 0.136 e. The summed E-state index contributed by atoms with van der Waals surface area (Å²) in [5, 5.41) is 11.9. The van der Waals surface area contributed by atoms with Gasteiger partial charge in [0.15, 0.2) is 0 Å². The van der Waals surface area contributed by atoms with E-state index in [1.165, 1.54) is 49.0 Å². The molecule has 0 atom stereocenters. The maximum atomic E-state index is 6.72. The van der Waals surface area contributed by atoms with Gasteiger partial charge in [0.25, 0.3) is 0 Å². The molecule has 2 heteroatoms. The summed E-state index contributed by atoms with van der Waals surface area (Å²) in [4.78, 5) is 0. The van der Waals surface area contributed by atoms with E-state index in [0.29, 0.717) is 0 Å². The molecule has 50 heavy (non-hydrogen) atoms. The van der Waals surface area contributed by atoms with Crippen molar-refractivity contribution in [1.82, 2.24) is 0 Å². The van der Waals surface area contributed by atoms with Crippen LogP contribution in [0.5, 0.6) is 0 Å². The van der Waals surface area contributed by atoms with Crippen molar-refractivity contribution in [3.05, 3.63) is 170 Å². The molecule has 0 aliphatic heterocycles. The van der Waals surface area contributed by atoms with E-state index < -0.39 is 0 Å². The van der Waals surface area contributed by atoms with Crippen LogP contribution in [-0.4, -0.2) is 0 Å². The number of furan rings is 2. The van der Waals surface area contributed by atoms with Crippen LogP contribution in [0.4, 0.5) is 0 Å². The molecule has 0 fully saturated rings. The van der Waals surface area contributed by atoms with Crippen LogP contribution in [0.15, 0.2) is 179 Å². The van der Waals surface area contributed by atoms with Gasteiger partial charge in [-0.2, -0.15) is 0 Å². The standard InChI is InChI=1S/C48H28O2/c1-2-12-29(13-3-1)46-36-16-6-8-18-38(36)47(39-19-9-7-17-37(39)46)31-23-25-34-33-24-22-30(26-43(33)50-44(34)27-31)41-28-45-48(35-15-5-4-14-32(35)41)40-20-10-11-21-42(40)49-45/h1-28H. The minimum absolute atomic E-state index is 0.873. The Bertz CT molecular complexity index is 3080. The average molecular weight is 637 g/mol. The molecule has 0 spiro atoms. The largest absolute Gasteiger partial charge is 0.456 e. The molecular weight excluding hydrogens is 609 g/mol. The minimum Gasteiger partial charge on any atom is -0.456 e. The van der Waals surface area contributed by atoms with Gasteiger partial charge in [0.05, 0.1) is 0 Å². The number of rotatable bonds is 3. The van der Waals surface area contributed by atoms with Crippen LogP contribution in [0.3, 0.4) is 0 Å². The van der Waals surface area contributed by atoms with Crippen LogP contribution in [0.25, 0.3) is 110 Å². The summed E-state index contributed by atoms with van der Waals surface area (Å²) in [7, 11) is 0. The Morgan fingerprint density at radius 3 is 1.40 bits per heavy atom. The average Bonchev–Trinajstić information content (AvgIpc) is 3.74. The first-order valence-corrected chi connectivity index (χ1v) is 17.1. The van der Waals surface area contributed by atoms with Crippen molar-refractivity contribution in [2.45, 2.75) is 0 Å². The minimum atomic E-state index is 0.873. The van der Waals surface area contributed by atoms with Crippen molar-refractivity contribution in [3.63, 3.8) is 0 Å². The highest BCUT2D eigenvalue weighted by Gasteiger charge is 2.19. The first-order valence-electron chi connectivity index (χ1n) is 17.1. The zero-order chi connectivity index (χ0) is 32.8. The molecule has 0 saturated carbocycles. The third-order valence-corrected chi connectivity index (χ3v) is 10.5. The fourth-order valence-corrected chi connectivity index (χ4v) is 8.28. The van der Waals surface area contributed by atoms with Gasteiger partial charge in [-0.1, -0.05) is 133 Å². The van der Waals surface area contributed by atoms with Crippen LogP contribution in [0.2, 0.25) is 0 Å². The molecule has 0 unspecified atom stereocenters. The van der Waals surface area contributed by atoms with Crippen molar-refractivity contribution >= 4 is 76.2 Å². The Hall–Kier alpha value is -6.64. The van der Waals surface area contributed by atoms with Gasteiger partial charge in [-0.3, -0.25) is 0 Å². The van der Waals surface area contributed by atoms with Gasteiger partial charge in [0, 0.05) is 21.5 Å². The number of benzene rings is 9. The summed E-state index contributed by atoms with van der Waals surface area (Å²) in [6.07, 6.45) is 0. The van der Waals surface area contributed by atoms with E-state index in [-0.39, 0.29) is 0 Å². The molecule has 9 aromatic carbocycles. The summed E-state index contributed by atoms with van der Waals surface area (Å²) in [5.74, 6) is 0. The van der Waals surface area contributed by atoms with Gasteiger partial charge < -0.3 is 8.83 Å². The van der Waals surface area contributed by atoms with Gasteiger partial charge in [0.1, 0.15) is 22.3 Å². The van der Waals surface area contributed by atoms with E-state index in [2.05, 4.69) is 158 Å². The third-order valence-electron chi connectivity index (χ3n) is 10.5. The lowest BCUT2D eigenvalue weighted by atomic mass is 9.86. The van der Waals surface area contributed by atoms with Crippen LogP contribution < -0.4 is 0 Å². The Morgan fingerprint density at radius 2 is 0.740 bits per heavy atom. The molecule has 2 nitrogen and oxygen atoms in total. The SMILES string of the molecule is c1ccc(-c2c3ccccc3c(-c3ccc4c(c3)oc3cc(-c5cc6oc7ccccc7c6c6ccccc56)ccc34)c3ccccc23)cc1. The topological polar surface area (TPSA) is 26.3 Å². The van der Waals surface area contributed by atoms with E-state index in [9.17, 15) is 0 Å². The quantitative estimate of drug-likeness (QED) is 0.180. The zero-order valence-corrected chi connectivity index (χ0v) is 27.0. The van der Waals surface area contributed by atoms with Crippen molar-refractivity contribution in [2.75, 3.05) is 0 Å². The van der Waals surface area contributed by atoms with Crippen LogP contribution in [0, 0.1) is 0 Å². The molecule has 0 saturated heterocycles. The Balaban J connectivity index is 1.11. The molecule has 232 valence electrons. The number of hydrogen-bond acceptors (Lipinski definition) is 2. The number of hydrogen-bond donors (Lipinski definition) is 0. The molecule has 11 rings (SSSR count). The molecule has 0 N–H and O–H groups in total. The van der Waals surface area contributed by atoms with Crippen molar-refractivity contribution in [1.29, 1.82) is 0 Å². The zero-order valence-electron chi connectivity index (χ0n) is 27.0. The lowest BCUT2D eigenvalue weighted by Crippen LogP contribution is -1.90. The fraction of sp³-hybridized carbons (Fsp3) is 0. The second-order valence-electron chi connectivity index (χ2n) is 13.2. The van der Waals surface area contributed by atoms with Crippen molar-refractivity contribution in [3.8, 4) is 33.4 Å². The molecule has 2 heterocycles. The van der Waals surface area contributed by atoms with Gasteiger partial charge in [-0.05, 0) is 102 Å². The first-order chi connectivity index (χ1) is 24.8. The molecule has 0 bridgehead atoms. The van der Waals surface area contributed by atoms with E-state index >= 15 is 0 Å². The highest BCUT2D eigenvalue weighted by Crippen LogP contribution is 2.45. The first kappa shape index (κ1) is 27.3. The molecule has 0 aliphatic carbocycles. The molecule has 11 aromatic rings. The monoisotopic (exact) mass is 636 g/mol. The van der Waals surface area contributed by atoms with Crippen molar-refractivity contribution < 1.29 is 8.83 Å². The Morgan fingerprint density at radius 1 is 0.260 bits per heavy atom. The molecule has 0 radical (unpaired) electrons. The van der Waals surface area contributed by atoms with E-state index in [0.717, 1.165) is 60.6 Å². The molecular formula is C48H28O2. The lowest BCUT2D eigenvalue weighted by molar-refractivity contribution is 0.668. The summed E-state index contributed by atoms with van der Waals surface area (Å²) in [6, 6.07) is 60.7. The fourth-order valence-electron chi connectivity index (χ4n) is 8.28. The van der Waals surface area contributed by atoms with E-state index in [4.69, 9.17) is 8.83 Å². The van der Waals surface area contributed by atoms with Crippen molar-refractivity contribution in [2.24, 2.45) is 0 Å². The highest BCUT2D eigenvalue weighted by atomic mass is 16.3. The normalized spacial score (nSPS) is 12.0. The van der Waals surface area contributed by atoms with Crippen LogP contribution in [-0.2, 0) is 0 Å². The number of fused-ring (bicyclic) bond motifs is 10. The predicted molar refractivity (Wildman–Crippen MR) is 210 cm³/mol. The molecule has 0 amide bonds. The highest BCUT2D eigenvalue weighted by molar-refractivity contribution is 6.23. The van der Waals surface area contributed by atoms with Gasteiger partial charge in [0.2, 0.25) is 0 Å². The number of para-hydroxylation sites is 1. The van der Waals surface area contributed by atoms with Crippen LogP contribution >= 0.6 is 0 Å². The maximum absolute atomic E-state index is 6.72. The second-order valence-corrected chi connectivity index (χ2v) is 13.2. The summed E-state index contributed by atoms with van der Waals surface area (Å²) in [6.45, 7) is 0. The molecule has 2 aromatic heterocycles. The van der Waals surface area contributed by atoms with E-state index in [1.54, 1.807) is 0 Å². The van der Waals surface area contributed by atoms with Gasteiger partial charge in [-0.25, -0.2) is 0 Å². The summed E-state index contributed by atoms with van der Waals surface area (Å²) >= 11 is 0. The lowest BCUT2D eigenvalue weighted by Gasteiger charge is -2.17. The summed E-state index contributed by atoms with van der Waals surface area (Å²) in [5.41, 5.74) is 10.7. The van der Waals surface area contributed by atoms with Gasteiger partial charge in [-0.15, -0.1) is 0 Å². The predicted octanol–water partition coefficient (Wildman–Crippen LogP) is 13.9. The van der Waals surface area contributed by atoms with Crippen LogP contribution in [0.1, 0.15) is 0 Å². The Kier molecular flexibility index (Phi) is 5.70. The smallest absolute Gasteiger partial charge is 0.136 e. The second kappa shape index (κ2) is 10.4. The third kappa shape index (κ3) is 3.90. The molecule has 0 aliphatic rings. The Labute approximate surface area is 287 Å². The van der Waals surface area contributed by atoms with E-state index in [1.807, 2.05) is 12.1 Å².